The summed E-state index contributed by atoms with van der Waals surface area (Å²) in [4.78, 5) is 59.3. The van der Waals surface area contributed by atoms with Gasteiger partial charge in [-0.15, -0.1) is 0 Å². The van der Waals surface area contributed by atoms with Gasteiger partial charge in [-0.25, -0.2) is 0 Å². The molecule has 226 valence electrons. The van der Waals surface area contributed by atoms with E-state index in [0.29, 0.717) is 38.5 Å². The highest BCUT2D eigenvalue weighted by molar-refractivity contribution is 6.50. The van der Waals surface area contributed by atoms with Crippen LogP contribution in [0.25, 0.3) is 43.1 Å². The Bertz CT molecular complexity index is 2110. The van der Waals surface area contributed by atoms with E-state index in [1.807, 2.05) is 85.7 Å². The van der Waals surface area contributed by atoms with Gasteiger partial charge < -0.3 is 0 Å². The lowest BCUT2D eigenvalue weighted by molar-refractivity contribution is 0.0423. The summed E-state index contributed by atoms with van der Waals surface area (Å²) in [5.41, 5.74) is 2.33. The molecule has 0 atom stereocenters. The fourth-order valence-corrected chi connectivity index (χ4v) is 8.71. The van der Waals surface area contributed by atoms with Gasteiger partial charge in [0.1, 0.15) is 7.85 Å². The van der Waals surface area contributed by atoms with Crippen molar-refractivity contribution in [3.63, 3.8) is 0 Å². The number of amides is 4. The molecule has 0 aliphatic carbocycles. The topological polar surface area (TPSA) is 74.8 Å². The number of carbonyl (C=O) groups is 4. The quantitative estimate of drug-likeness (QED) is 0.0909. The van der Waals surface area contributed by atoms with Gasteiger partial charge in [0.25, 0.3) is 23.6 Å². The smallest absolute Gasteiger partial charge is 0.261 e. The van der Waals surface area contributed by atoms with Gasteiger partial charge in [-0.05, 0) is 74.2 Å². The second kappa shape index (κ2) is 9.87. The monoisotopic (exact) mass is 596 g/mol. The van der Waals surface area contributed by atoms with Crippen molar-refractivity contribution in [3.05, 3.63) is 64.7 Å². The van der Waals surface area contributed by atoms with Crippen LogP contribution in [0.3, 0.4) is 0 Å². The molecule has 7 heteroatoms. The minimum atomic E-state index is -0.326. The molecule has 4 amide bonds. The van der Waals surface area contributed by atoms with E-state index in [2.05, 4.69) is 0 Å². The molecular weight excluding hydrogens is 559 g/mol. The molecule has 5 aromatic rings. The first-order chi connectivity index (χ1) is 21.3. The van der Waals surface area contributed by atoms with Gasteiger partial charge in [0.15, 0.2) is 0 Å². The van der Waals surface area contributed by atoms with Gasteiger partial charge in [-0.2, -0.15) is 0 Å². The molecule has 0 fully saturated rings. The van der Waals surface area contributed by atoms with E-state index in [9.17, 15) is 19.2 Å². The first-order valence-electron chi connectivity index (χ1n) is 16.0. The first kappa shape index (κ1) is 29.5. The van der Waals surface area contributed by atoms with E-state index in [0.717, 1.165) is 32.3 Å². The molecule has 2 aliphatic rings. The molecule has 0 bridgehead atoms. The number of benzene rings is 5. The third kappa shape index (κ3) is 3.76. The Morgan fingerprint density at radius 2 is 0.800 bits per heavy atom. The van der Waals surface area contributed by atoms with Crippen LogP contribution in [0, 0.1) is 23.7 Å². The van der Waals surface area contributed by atoms with Gasteiger partial charge in [-0.3, -0.25) is 29.0 Å². The van der Waals surface area contributed by atoms with Crippen LogP contribution in [-0.4, -0.2) is 53.4 Å². The third-order valence-electron chi connectivity index (χ3n) is 10.2. The van der Waals surface area contributed by atoms with Crippen LogP contribution in [0.2, 0.25) is 0 Å². The molecule has 2 radical (unpaired) electrons. The van der Waals surface area contributed by atoms with Crippen molar-refractivity contribution in [2.24, 2.45) is 23.7 Å². The zero-order valence-electron chi connectivity index (χ0n) is 27.1. The van der Waals surface area contributed by atoms with Crippen molar-refractivity contribution in [2.45, 2.75) is 67.5 Å². The van der Waals surface area contributed by atoms with Crippen LogP contribution in [0.5, 0.6) is 0 Å². The van der Waals surface area contributed by atoms with E-state index in [1.54, 1.807) is 12.1 Å². The molecule has 0 spiro atoms. The van der Waals surface area contributed by atoms with E-state index >= 15 is 0 Å². The number of nitrogens with zero attached hydrogens (tertiary/aromatic N) is 2. The van der Waals surface area contributed by atoms with E-state index in [-0.39, 0.29) is 59.4 Å². The number of hydrogen-bond acceptors (Lipinski definition) is 4. The highest BCUT2D eigenvalue weighted by Gasteiger charge is 2.43. The first-order valence-corrected chi connectivity index (χ1v) is 16.0. The van der Waals surface area contributed by atoms with Crippen LogP contribution in [0.1, 0.15) is 96.8 Å². The van der Waals surface area contributed by atoms with Gasteiger partial charge in [0, 0.05) is 45.1 Å². The molecule has 7 rings (SSSR count). The van der Waals surface area contributed by atoms with E-state index in [4.69, 9.17) is 7.85 Å². The normalized spacial score (nSPS) is 15.6. The fourth-order valence-electron chi connectivity index (χ4n) is 8.71. The van der Waals surface area contributed by atoms with Crippen molar-refractivity contribution in [3.8, 4) is 0 Å². The number of carbonyl (C=O) groups excluding carboxylic acids is 4. The van der Waals surface area contributed by atoms with Crippen molar-refractivity contribution < 1.29 is 19.2 Å². The van der Waals surface area contributed by atoms with Crippen molar-refractivity contribution in [1.29, 1.82) is 0 Å². The number of hydrogen-bond donors (Lipinski definition) is 0. The molecular formula is C38H37BN2O4. The predicted molar refractivity (Wildman–Crippen MR) is 181 cm³/mol. The molecule has 0 aromatic heterocycles. The molecule has 0 saturated carbocycles. The Morgan fingerprint density at radius 3 is 1.22 bits per heavy atom. The van der Waals surface area contributed by atoms with Crippen LogP contribution in [-0.2, 0) is 0 Å². The molecule has 2 heterocycles. The minimum absolute atomic E-state index is 0.0776. The molecule has 45 heavy (non-hydrogen) atoms. The molecule has 5 aromatic carbocycles. The zero-order chi connectivity index (χ0) is 32.4. The molecule has 2 aliphatic heterocycles. The van der Waals surface area contributed by atoms with Crippen LogP contribution < -0.4 is 5.46 Å². The number of fused-ring (bicyclic) bond motifs is 2. The van der Waals surface area contributed by atoms with Gasteiger partial charge in [-0.1, -0.05) is 85.1 Å². The summed E-state index contributed by atoms with van der Waals surface area (Å²) in [6.07, 6.45) is 0. The minimum Gasteiger partial charge on any atom is -0.271 e. The Hall–Kier alpha value is -4.26. The lowest BCUT2D eigenvalue weighted by Gasteiger charge is -2.39. The fraction of sp³-hybridized carbons (Fsp3) is 0.368. The summed E-state index contributed by atoms with van der Waals surface area (Å²) in [5.74, 6) is -0.843. The van der Waals surface area contributed by atoms with Gasteiger partial charge in [0.05, 0.1) is 0 Å². The SMILES string of the molecule is [B]c1cc2c3c(ccc4c5ccc6c7c(ccc(c1c34)c75)C(=O)N(C(C(C)C)C(C)C)C6=O)C(=O)N(C(C(C)C)C(C)C)C2=O. The lowest BCUT2D eigenvalue weighted by atomic mass is 9.76. The van der Waals surface area contributed by atoms with E-state index in [1.165, 1.54) is 9.80 Å². The van der Waals surface area contributed by atoms with Crippen LogP contribution in [0.4, 0.5) is 0 Å². The summed E-state index contributed by atoms with van der Waals surface area (Å²) >= 11 is 0. The maximum atomic E-state index is 14.1. The summed E-state index contributed by atoms with van der Waals surface area (Å²) in [6.45, 7) is 16.3. The molecule has 0 saturated heterocycles. The number of imide groups is 2. The summed E-state index contributed by atoms with van der Waals surface area (Å²) in [6, 6.07) is 12.4. The highest BCUT2D eigenvalue weighted by atomic mass is 16.2. The summed E-state index contributed by atoms with van der Waals surface area (Å²) in [5, 5.41) is 6.01. The Balaban J connectivity index is 1.55. The maximum Gasteiger partial charge on any atom is 0.261 e. The summed E-state index contributed by atoms with van der Waals surface area (Å²) in [7, 11) is 6.83. The van der Waals surface area contributed by atoms with Crippen molar-refractivity contribution in [2.75, 3.05) is 0 Å². The van der Waals surface area contributed by atoms with Crippen molar-refractivity contribution in [1.82, 2.24) is 9.80 Å². The Labute approximate surface area is 264 Å². The summed E-state index contributed by atoms with van der Waals surface area (Å²) < 4.78 is 0. The average Bonchev–Trinajstić information content (AvgIpc) is 2.97. The van der Waals surface area contributed by atoms with Crippen LogP contribution in [0.15, 0.2) is 42.5 Å². The van der Waals surface area contributed by atoms with Gasteiger partial charge >= 0.3 is 0 Å². The maximum absolute atomic E-state index is 14.1. The molecule has 0 N–H and O–H groups in total. The molecule has 0 unspecified atom stereocenters. The Morgan fingerprint density at radius 1 is 0.444 bits per heavy atom. The second-order valence-corrected chi connectivity index (χ2v) is 14.3. The van der Waals surface area contributed by atoms with Crippen LogP contribution >= 0.6 is 0 Å². The third-order valence-corrected chi connectivity index (χ3v) is 10.2. The predicted octanol–water partition coefficient (Wildman–Crippen LogP) is 7.08. The highest BCUT2D eigenvalue weighted by Crippen LogP contribution is 2.46. The molecule has 6 nitrogen and oxygen atoms in total. The zero-order valence-corrected chi connectivity index (χ0v) is 27.1. The largest absolute Gasteiger partial charge is 0.271 e. The number of rotatable bonds is 6. The second-order valence-electron chi connectivity index (χ2n) is 14.3. The van der Waals surface area contributed by atoms with E-state index < -0.39 is 0 Å². The average molecular weight is 597 g/mol. The van der Waals surface area contributed by atoms with Gasteiger partial charge in [0.2, 0.25) is 0 Å². The van der Waals surface area contributed by atoms with Crippen molar-refractivity contribution >= 4 is 80.0 Å². The standard InChI is InChI=1S/C38H37BN2O4/c1-16(2)33(17(3)4)40-35(42)23-12-9-20-21-10-13-25-30-26(38(45)41(37(25)44)34(18(5)6)19(7)8)15-27(39)31(32(21)30)22-11-14-24(36(40)43)29(23)28(20)22/h9-19,33-34H,1-8H3. The lowest BCUT2D eigenvalue weighted by Crippen LogP contribution is -2.51. The Kier molecular flexibility index (Phi) is 6.46.